The molecule has 3 heterocycles. The van der Waals surface area contributed by atoms with Gasteiger partial charge in [-0.05, 0) is 23.9 Å². The monoisotopic (exact) mass is 253 g/mol. The maximum Gasteiger partial charge on any atom is 0.0920 e. The van der Waals surface area contributed by atoms with E-state index in [2.05, 4.69) is 23.7 Å². The molecule has 94 valence electrons. The first kappa shape index (κ1) is 11.7. The van der Waals surface area contributed by atoms with Crippen molar-refractivity contribution in [3.63, 3.8) is 0 Å². The van der Waals surface area contributed by atoms with Gasteiger partial charge in [0.05, 0.1) is 18.2 Å². The third kappa shape index (κ3) is 2.15. The molecular formula is C13H19NO2S. The van der Waals surface area contributed by atoms with Gasteiger partial charge < -0.3 is 14.8 Å². The van der Waals surface area contributed by atoms with E-state index in [0.29, 0.717) is 6.04 Å². The summed E-state index contributed by atoms with van der Waals surface area (Å²) in [5.74, 6) is 0. The van der Waals surface area contributed by atoms with Crippen LogP contribution in [0.1, 0.15) is 29.3 Å². The van der Waals surface area contributed by atoms with Crippen LogP contribution in [0, 0.1) is 6.92 Å². The molecular weight excluding hydrogens is 234 g/mol. The SMILES string of the molecule is Cc1cc(C2NCCOC23CCOCC3)cs1. The zero-order chi connectivity index (χ0) is 11.7. The number of nitrogens with one attached hydrogen (secondary N) is 1. The Kier molecular flexibility index (Phi) is 3.21. The number of aryl methyl sites for hydroxylation is 1. The van der Waals surface area contributed by atoms with Gasteiger partial charge in [0.15, 0.2) is 0 Å². The van der Waals surface area contributed by atoms with Crippen LogP contribution >= 0.6 is 11.3 Å². The minimum absolute atomic E-state index is 0.0377. The largest absolute Gasteiger partial charge is 0.381 e. The van der Waals surface area contributed by atoms with Crippen LogP contribution in [-0.2, 0) is 9.47 Å². The van der Waals surface area contributed by atoms with Crippen molar-refractivity contribution in [1.29, 1.82) is 0 Å². The zero-order valence-corrected chi connectivity index (χ0v) is 11.0. The average Bonchev–Trinajstić information content (AvgIpc) is 2.77. The van der Waals surface area contributed by atoms with E-state index >= 15 is 0 Å². The predicted octanol–water partition coefficient (Wildman–Crippen LogP) is 2.27. The number of thiophene rings is 1. The second kappa shape index (κ2) is 4.69. The van der Waals surface area contributed by atoms with Crippen molar-refractivity contribution in [3.05, 3.63) is 21.9 Å². The summed E-state index contributed by atoms with van der Waals surface area (Å²) in [5, 5.41) is 5.90. The first-order chi connectivity index (χ1) is 8.30. The Hall–Kier alpha value is -0.420. The smallest absolute Gasteiger partial charge is 0.0920 e. The van der Waals surface area contributed by atoms with E-state index in [1.165, 1.54) is 10.4 Å². The highest BCUT2D eigenvalue weighted by atomic mass is 32.1. The molecule has 1 N–H and O–H groups in total. The summed E-state index contributed by atoms with van der Waals surface area (Å²) in [5.41, 5.74) is 1.35. The standard InChI is InChI=1S/C13H19NO2S/c1-10-8-11(9-17-10)12-13(16-7-4-14-12)2-5-15-6-3-13/h8-9,12,14H,2-7H2,1H3. The fourth-order valence-corrected chi connectivity index (χ4v) is 3.64. The Morgan fingerprint density at radius 3 is 2.88 bits per heavy atom. The highest BCUT2D eigenvalue weighted by Gasteiger charge is 2.44. The number of ether oxygens (including phenoxy) is 2. The molecule has 0 amide bonds. The van der Waals surface area contributed by atoms with Crippen LogP contribution in [0.4, 0.5) is 0 Å². The molecule has 17 heavy (non-hydrogen) atoms. The highest BCUT2D eigenvalue weighted by molar-refractivity contribution is 7.10. The summed E-state index contributed by atoms with van der Waals surface area (Å²) in [7, 11) is 0. The lowest BCUT2D eigenvalue weighted by Crippen LogP contribution is -2.54. The average molecular weight is 253 g/mol. The van der Waals surface area contributed by atoms with E-state index in [0.717, 1.165) is 39.2 Å². The molecule has 2 saturated heterocycles. The number of morpholine rings is 1. The minimum Gasteiger partial charge on any atom is -0.381 e. The van der Waals surface area contributed by atoms with Crippen LogP contribution < -0.4 is 5.32 Å². The molecule has 0 aliphatic carbocycles. The van der Waals surface area contributed by atoms with Crippen molar-refractivity contribution < 1.29 is 9.47 Å². The van der Waals surface area contributed by atoms with E-state index in [4.69, 9.17) is 9.47 Å². The van der Waals surface area contributed by atoms with Gasteiger partial charge in [-0.1, -0.05) is 0 Å². The molecule has 1 unspecified atom stereocenters. The van der Waals surface area contributed by atoms with Gasteiger partial charge in [0.1, 0.15) is 0 Å². The van der Waals surface area contributed by atoms with Crippen LogP contribution in [0.25, 0.3) is 0 Å². The van der Waals surface area contributed by atoms with Gasteiger partial charge in [-0.15, -0.1) is 11.3 Å². The summed E-state index contributed by atoms with van der Waals surface area (Å²) in [4.78, 5) is 1.37. The molecule has 2 aliphatic rings. The minimum atomic E-state index is -0.0377. The van der Waals surface area contributed by atoms with Crippen LogP contribution in [-0.4, -0.2) is 32.0 Å². The number of hydrogen-bond acceptors (Lipinski definition) is 4. The second-order valence-corrected chi connectivity index (χ2v) is 6.02. The molecule has 1 spiro atoms. The summed E-state index contributed by atoms with van der Waals surface area (Å²) >= 11 is 1.82. The van der Waals surface area contributed by atoms with Crippen molar-refractivity contribution >= 4 is 11.3 Å². The molecule has 4 heteroatoms. The van der Waals surface area contributed by atoms with Crippen molar-refractivity contribution in [2.45, 2.75) is 31.4 Å². The predicted molar refractivity (Wildman–Crippen MR) is 68.5 cm³/mol. The molecule has 0 aromatic carbocycles. The lowest BCUT2D eigenvalue weighted by atomic mass is 9.82. The molecule has 3 rings (SSSR count). The Labute approximate surface area is 106 Å². The summed E-state index contributed by atoms with van der Waals surface area (Å²) in [6, 6.07) is 2.62. The van der Waals surface area contributed by atoms with Gasteiger partial charge in [0.2, 0.25) is 0 Å². The molecule has 0 radical (unpaired) electrons. The van der Waals surface area contributed by atoms with Gasteiger partial charge in [-0.3, -0.25) is 0 Å². The van der Waals surface area contributed by atoms with Gasteiger partial charge in [0, 0.05) is 37.5 Å². The Bertz CT molecular complexity index is 376. The quantitative estimate of drug-likeness (QED) is 0.833. The number of hydrogen-bond donors (Lipinski definition) is 1. The fraction of sp³-hybridized carbons (Fsp3) is 0.692. The van der Waals surface area contributed by atoms with E-state index in [1.54, 1.807) is 0 Å². The first-order valence-electron chi connectivity index (χ1n) is 6.30. The van der Waals surface area contributed by atoms with Crippen molar-refractivity contribution in [1.82, 2.24) is 5.32 Å². The molecule has 3 nitrogen and oxygen atoms in total. The van der Waals surface area contributed by atoms with Crippen LogP contribution in [0.5, 0.6) is 0 Å². The molecule has 1 aromatic heterocycles. The maximum atomic E-state index is 6.14. The van der Waals surface area contributed by atoms with Crippen LogP contribution in [0.3, 0.4) is 0 Å². The van der Waals surface area contributed by atoms with Gasteiger partial charge >= 0.3 is 0 Å². The normalized spacial score (nSPS) is 28.4. The Morgan fingerprint density at radius 2 is 2.18 bits per heavy atom. The fourth-order valence-electron chi connectivity index (χ4n) is 2.91. The molecule has 1 aromatic rings. The molecule has 2 fully saturated rings. The second-order valence-electron chi connectivity index (χ2n) is 4.90. The summed E-state index contributed by atoms with van der Waals surface area (Å²) in [6.07, 6.45) is 2.00. The molecule has 0 saturated carbocycles. The lowest BCUT2D eigenvalue weighted by Gasteiger charge is -2.46. The summed E-state index contributed by atoms with van der Waals surface area (Å²) < 4.78 is 11.6. The van der Waals surface area contributed by atoms with E-state index in [1.807, 2.05) is 11.3 Å². The third-order valence-electron chi connectivity index (χ3n) is 3.79. The topological polar surface area (TPSA) is 30.5 Å². The summed E-state index contributed by atoms with van der Waals surface area (Å²) in [6.45, 7) is 5.57. The van der Waals surface area contributed by atoms with Crippen LogP contribution in [0.15, 0.2) is 11.4 Å². The molecule has 1 atom stereocenters. The highest BCUT2D eigenvalue weighted by Crippen LogP contribution is 2.40. The van der Waals surface area contributed by atoms with E-state index in [9.17, 15) is 0 Å². The Balaban J connectivity index is 1.89. The Morgan fingerprint density at radius 1 is 1.35 bits per heavy atom. The lowest BCUT2D eigenvalue weighted by molar-refractivity contribution is -0.149. The van der Waals surface area contributed by atoms with E-state index < -0.39 is 0 Å². The van der Waals surface area contributed by atoms with Crippen molar-refractivity contribution in [2.24, 2.45) is 0 Å². The van der Waals surface area contributed by atoms with Gasteiger partial charge in [-0.25, -0.2) is 0 Å². The number of rotatable bonds is 1. The molecule has 0 bridgehead atoms. The van der Waals surface area contributed by atoms with Crippen molar-refractivity contribution in [2.75, 3.05) is 26.4 Å². The van der Waals surface area contributed by atoms with Crippen molar-refractivity contribution in [3.8, 4) is 0 Å². The zero-order valence-electron chi connectivity index (χ0n) is 10.2. The first-order valence-corrected chi connectivity index (χ1v) is 7.18. The van der Waals surface area contributed by atoms with Crippen LogP contribution in [0.2, 0.25) is 0 Å². The third-order valence-corrected chi connectivity index (χ3v) is 4.67. The van der Waals surface area contributed by atoms with Gasteiger partial charge in [-0.2, -0.15) is 0 Å². The van der Waals surface area contributed by atoms with Gasteiger partial charge in [0.25, 0.3) is 0 Å². The maximum absolute atomic E-state index is 6.14. The molecule has 2 aliphatic heterocycles. The van der Waals surface area contributed by atoms with E-state index in [-0.39, 0.29) is 5.60 Å².